The topological polar surface area (TPSA) is 97.6 Å². The number of benzene rings is 2. The van der Waals surface area contributed by atoms with Crippen LogP contribution in [0, 0.1) is 0 Å². The first-order valence-electron chi connectivity index (χ1n) is 9.68. The lowest BCUT2D eigenvalue weighted by Gasteiger charge is -2.18. The smallest absolute Gasteiger partial charge is 0.308 e. The van der Waals surface area contributed by atoms with E-state index in [9.17, 15) is 14.4 Å². The van der Waals surface area contributed by atoms with Crippen molar-refractivity contribution in [3.05, 3.63) is 72.0 Å². The molecule has 30 heavy (non-hydrogen) atoms. The van der Waals surface area contributed by atoms with Crippen molar-refractivity contribution in [2.75, 3.05) is 6.61 Å². The molecule has 7 heteroatoms. The number of nitrogens with one attached hydrogen (secondary N) is 2. The Morgan fingerprint density at radius 1 is 1.00 bits per heavy atom. The van der Waals surface area contributed by atoms with Gasteiger partial charge in [0.2, 0.25) is 5.91 Å². The summed E-state index contributed by atoms with van der Waals surface area (Å²) in [6.45, 7) is 2.76. The Bertz CT molecular complexity index is 995. The molecular formula is C23H24N2O5. The van der Waals surface area contributed by atoms with Crippen molar-refractivity contribution < 1.29 is 23.5 Å². The second kappa shape index (κ2) is 9.73. The molecule has 0 saturated carbocycles. The molecule has 0 spiro atoms. The molecule has 3 aromatic rings. The SMILES string of the molecule is CC(=O)N[C@H](CC(=O)OCC(=O)N[C@H](C)c1cc2ccccc2o1)c1ccccc1. The molecule has 0 fully saturated rings. The van der Waals surface area contributed by atoms with E-state index in [1.807, 2.05) is 60.7 Å². The van der Waals surface area contributed by atoms with Crippen LogP contribution in [0.5, 0.6) is 0 Å². The number of para-hydroxylation sites is 1. The number of carbonyl (C=O) groups excluding carboxylic acids is 3. The van der Waals surface area contributed by atoms with Gasteiger partial charge in [-0.2, -0.15) is 0 Å². The van der Waals surface area contributed by atoms with E-state index in [2.05, 4.69) is 10.6 Å². The van der Waals surface area contributed by atoms with Gasteiger partial charge >= 0.3 is 5.97 Å². The minimum Gasteiger partial charge on any atom is -0.459 e. The summed E-state index contributed by atoms with van der Waals surface area (Å²) in [7, 11) is 0. The average Bonchev–Trinajstić information content (AvgIpc) is 3.17. The van der Waals surface area contributed by atoms with Gasteiger partial charge in [-0.1, -0.05) is 48.5 Å². The molecule has 2 aromatic carbocycles. The van der Waals surface area contributed by atoms with E-state index in [0.717, 1.165) is 16.5 Å². The van der Waals surface area contributed by atoms with Crippen LogP contribution in [0.4, 0.5) is 0 Å². The second-order valence-electron chi connectivity index (χ2n) is 7.00. The van der Waals surface area contributed by atoms with Crippen LogP contribution < -0.4 is 10.6 Å². The Labute approximate surface area is 174 Å². The molecule has 0 radical (unpaired) electrons. The van der Waals surface area contributed by atoms with Gasteiger partial charge in [0.15, 0.2) is 6.61 Å². The fourth-order valence-electron chi connectivity index (χ4n) is 3.12. The zero-order chi connectivity index (χ0) is 21.5. The number of hydrogen-bond acceptors (Lipinski definition) is 5. The maximum Gasteiger partial charge on any atom is 0.308 e. The van der Waals surface area contributed by atoms with Crippen LogP contribution >= 0.6 is 0 Å². The average molecular weight is 408 g/mol. The van der Waals surface area contributed by atoms with Crippen LogP contribution in [-0.4, -0.2) is 24.4 Å². The van der Waals surface area contributed by atoms with Gasteiger partial charge < -0.3 is 19.8 Å². The van der Waals surface area contributed by atoms with E-state index in [-0.39, 0.29) is 18.4 Å². The third-order valence-corrected chi connectivity index (χ3v) is 4.56. The highest BCUT2D eigenvalue weighted by atomic mass is 16.5. The summed E-state index contributed by atoms with van der Waals surface area (Å²) >= 11 is 0. The van der Waals surface area contributed by atoms with Gasteiger partial charge in [-0.05, 0) is 24.6 Å². The summed E-state index contributed by atoms with van der Waals surface area (Å²) in [6.07, 6.45) is -0.0734. The number of hydrogen-bond donors (Lipinski definition) is 2. The van der Waals surface area contributed by atoms with Crippen molar-refractivity contribution in [2.24, 2.45) is 0 Å². The highest BCUT2D eigenvalue weighted by molar-refractivity contribution is 5.82. The Balaban J connectivity index is 1.51. The fourth-order valence-corrected chi connectivity index (χ4v) is 3.12. The van der Waals surface area contributed by atoms with Gasteiger partial charge in [-0.15, -0.1) is 0 Å². The van der Waals surface area contributed by atoms with E-state index in [1.165, 1.54) is 6.92 Å². The first-order valence-corrected chi connectivity index (χ1v) is 9.68. The van der Waals surface area contributed by atoms with Crippen molar-refractivity contribution >= 4 is 28.8 Å². The van der Waals surface area contributed by atoms with Crippen LogP contribution in [0.25, 0.3) is 11.0 Å². The Morgan fingerprint density at radius 2 is 1.70 bits per heavy atom. The fraction of sp³-hybridized carbons (Fsp3) is 0.261. The molecule has 3 rings (SSSR count). The molecule has 0 unspecified atom stereocenters. The van der Waals surface area contributed by atoms with Crippen LogP contribution in [0.3, 0.4) is 0 Å². The van der Waals surface area contributed by atoms with Gasteiger partial charge in [0.05, 0.1) is 18.5 Å². The molecule has 156 valence electrons. The Hall–Kier alpha value is -3.61. The lowest BCUT2D eigenvalue weighted by atomic mass is 10.0. The van der Waals surface area contributed by atoms with E-state index in [0.29, 0.717) is 5.76 Å². The largest absolute Gasteiger partial charge is 0.459 e. The van der Waals surface area contributed by atoms with Crippen molar-refractivity contribution in [2.45, 2.75) is 32.4 Å². The van der Waals surface area contributed by atoms with Crippen molar-refractivity contribution in [1.82, 2.24) is 10.6 Å². The molecule has 1 aromatic heterocycles. The Kier molecular flexibility index (Phi) is 6.85. The van der Waals surface area contributed by atoms with Crippen molar-refractivity contribution in [3.63, 3.8) is 0 Å². The highest BCUT2D eigenvalue weighted by Crippen LogP contribution is 2.23. The molecule has 2 amide bonds. The third-order valence-electron chi connectivity index (χ3n) is 4.56. The van der Waals surface area contributed by atoms with Crippen LogP contribution in [0.1, 0.15) is 43.7 Å². The number of rotatable bonds is 8. The zero-order valence-corrected chi connectivity index (χ0v) is 16.9. The number of ether oxygens (including phenoxy) is 1. The molecule has 0 saturated heterocycles. The molecule has 0 aliphatic rings. The number of amides is 2. The monoisotopic (exact) mass is 408 g/mol. The van der Waals surface area contributed by atoms with E-state index < -0.39 is 24.5 Å². The molecule has 7 nitrogen and oxygen atoms in total. The van der Waals surface area contributed by atoms with Crippen molar-refractivity contribution in [3.8, 4) is 0 Å². The maximum atomic E-state index is 12.2. The lowest BCUT2D eigenvalue weighted by Crippen LogP contribution is -2.32. The molecule has 0 aliphatic carbocycles. The third kappa shape index (κ3) is 5.70. The van der Waals surface area contributed by atoms with Gasteiger partial charge in [0, 0.05) is 12.3 Å². The van der Waals surface area contributed by atoms with Crippen molar-refractivity contribution in [1.29, 1.82) is 0 Å². The highest BCUT2D eigenvalue weighted by Gasteiger charge is 2.20. The first-order chi connectivity index (χ1) is 14.4. The van der Waals surface area contributed by atoms with Gasteiger partial charge in [-0.3, -0.25) is 14.4 Å². The Morgan fingerprint density at radius 3 is 2.40 bits per heavy atom. The minimum atomic E-state index is -0.579. The predicted molar refractivity (Wildman–Crippen MR) is 111 cm³/mol. The number of esters is 1. The van der Waals surface area contributed by atoms with Crippen LogP contribution in [0.2, 0.25) is 0 Å². The number of furan rings is 1. The normalized spacial score (nSPS) is 12.7. The number of fused-ring (bicyclic) bond motifs is 1. The summed E-state index contributed by atoms with van der Waals surface area (Å²) in [5, 5.41) is 6.43. The van der Waals surface area contributed by atoms with Gasteiger partial charge in [-0.25, -0.2) is 0 Å². The van der Waals surface area contributed by atoms with E-state index in [4.69, 9.17) is 9.15 Å². The summed E-state index contributed by atoms with van der Waals surface area (Å²) in [4.78, 5) is 35.9. The summed E-state index contributed by atoms with van der Waals surface area (Å²) in [5.74, 6) is -0.657. The molecule has 2 atom stereocenters. The quantitative estimate of drug-likeness (QED) is 0.557. The van der Waals surface area contributed by atoms with Gasteiger partial charge in [0.1, 0.15) is 11.3 Å². The lowest BCUT2D eigenvalue weighted by molar-refractivity contribution is -0.149. The molecular weight excluding hydrogens is 384 g/mol. The standard InChI is InChI=1S/C23H24N2O5/c1-15(21-12-18-10-6-7-11-20(18)30-21)24-22(27)14-29-23(28)13-19(25-16(2)26)17-8-4-3-5-9-17/h3-12,15,19H,13-14H2,1-2H3,(H,24,27)(H,25,26)/t15-,19-/m1/s1. The van der Waals surface area contributed by atoms with Gasteiger partial charge in [0.25, 0.3) is 5.91 Å². The molecule has 0 aliphatic heterocycles. The van der Waals surface area contributed by atoms with E-state index in [1.54, 1.807) is 6.92 Å². The number of carbonyl (C=O) groups is 3. The predicted octanol–water partition coefficient (Wildman–Crippen LogP) is 3.42. The van der Waals surface area contributed by atoms with E-state index >= 15 is 0 Å². The summed E-state index contributed by atoms with van der Waals surface area (Å²) < 4.78 is 10.8. The van der Waals surface area contributed by atoms with Crippen LogP contribution in [0.15, 0.2) is 65.1 Å². The summed E-state index contributed by atoms with van der Waals surface area (Å²) in [6, 6.07) is 17.7. The summed E-state index contributed by atoms with van der Waals surface area (Å²) in [5.41, 5.74) is 1.53. The molecule has 2 N–H and O–H groups in total. The second-order valence-corrected chi connectivity index (χ2v) is 7.00. The zero-order valence-electron chi connectivity index (χ0n) is 16.9. The minimum absolute atomic E-state index is 0.0734. The van der Waals surface area contributed by atoms with Crippen LogP contribution in [-0.2, 0) is 19.1 Å². The molecule has 1 heterocycles. The first kappa shape index (κ1) is 21.1. The maximum absolute atomic E-state index is 12.2. The molecule has 0 bridgehead atoms.